The van der Waals surface area contributed by atoms with Gasteiger partial charge in [-0.3, -0.25) is 5.43 Å². The molecule has 148 valence electrons. The van der Waals surface area contributed by atoms with E-state index in [1.54, 1.807) is 17.0 Å². The van der Waals surface area contributed by atoms with Gasteiger partial charge in [0.2, 0.25) is 5.71 Å². The van der Waals surface area contributed by atoms with E-state index in [9.17, 15) is 9.18 Å². The van der Waals surface area contributed by atoms with Gasteiger partial charge in [-0.15, -0.1) is 0 Å². The van der Waals surface area contributed by atoms with Crippen molar-refractivity contribution in [1.29, 1.82) is 10.5 Å². The van der Waals surface area contributed by atoms with Crippen molar-refractivity contribution in [3.63, 3.8) is 0 Å². The van der Waals surface area contributed by atoms with Crippen LogP contribution in [-0.2, 0) is 4.74 Å². The summed E-state index contributed by atoms with van der Waals surface area (Å²) in [5, 5.41) is 21.1. The van der Waals surface area contributed by atoms with Crippen LogP contribution in [0, 0.1) is 28.5 Å². The number of hydrogen-bond donors (Lipinski definition) is 1. The number of piperidine rings is 1. The van der Waals surface area contributed by atoms with E-state index < -0.39 is 11.4 Å². The largest absolute Gasteiger partial charge is 0.488 e. The molecule has 0 aromatic heterocycles. The molecule has 0 unspecified atom stereocenters. The Bertz CT molecular complexity index is 811. The van der Waals surface area contributed by atoms with Gasteiger partial charge >= 0.3 is 6.09 Å². The maximum Gasteiger partial charge on any atom is 0.410 e. The van der Waals surface area contributed by atoms with Crippen molar-refractivity contribution in [2.24, 2.45) is 5.10 Å². The molecule has 0 spiro atoms. The van der Waals surface area contributed by atoms with E-state index in [0.29, 0.717) is 31.7 Å². The second-order valence-corrected chi connectivity index (χ2v) is 7.22. The summed E-state index contributed by atoms with van der Waals surface area (Å²) in [5.41, 5.74) is 1.76. The molecule has 2 rings (SSSR count). The summed E-state index contributed by atoms with van der Waals surface area (Å²) in [6.45, 7) is 6.41. The number of ether oxygens (including phenoxy) is 2. The molecule has 1 saturated heterocycles. The summed E-state index contributed by atoms with van der Waals surface area (Å²) in [6, 6.07) is 7.09. The van der Waals surface area contributed by atoms with Gasteiger partial charge in [0, 0.05) is 32.0 Å². The summed E-state index contributed by atoms with van der Waals surface area (Å²) >= 11 is 0. The average molecular weight is 387 g/mol. The summed E-state index contributed by atoms with van der Waals surface area (Å²) in [6.07, 6.45) is 0.632. The monoisotopic (exact) mass is 387 g/mol. The van der Waals surface area contributed by atoms with Gasteiger partial charge in [-0.25, -0.2) is 9.18 Å². The van der Waals surface area contributed by atoms with Crippen molar-refractivity contribution in [3.8, 4) is 17.9 Å². The van der Waals surface area contributed by atoms with Crippen LogP contribution in [0.25, 0.3) is 0 Å². The Balaban J connectivity index is 2.00. The molecular weight excluding hydrogens is 365 g/mol. The molecular formula is C19H22FN5O3. The fourth-order valence-electron chi connectivity index (χ4n) is 2.55. The number of nitrogens with one attached hydrogen (secondary N) is 1. The summed E-state index contributed by atoms with van der Waals surface area (Å²) in [5.74, 6) is -0.170. The van der Waals surface area contributed by atoms with E-state index >= 15 is 0 Å². The number of anilines is 1. The molecule has 1 aliphatic rings. The number of halogens is 1. The lowest BCUT2D eigenvalue weighted by Crippen LogP contribution is -2.44. The smallest absolute Gasteiger partial charge is 0.410 e. The highest BCUT2D eigenvalue weighted by Crippen LogP contribution is 2.29. The molecule has 9 heteroatoms. The van der Waals surface area contributed by atoms with Crippen LogP contribution in [0.4, 0.5) is 14.9 Å². The first-order valence-corrected chi connectivity index (χ1v) is 8.80. The van der Waals surface area contributed by atoms with E-state index in [2.05, 4.69) is 10.5 Å². The van der Waals surface area contributed by atoms with E-state index in [-0.39, 0.29) is 23.6 Å². The highest BCUT2D eigenvalue weighted by molar-refractivity contribution is 6.10. The van der Waals surface area contributed by atoms with Gasteiger partial charge in [0.1, 0.15) is 41.1 Å². The van der Waals surface area contributed by atoms with Gasteiger partial charge in [-0.2, -0.15) is 15.6 Å². The third-order valence-corrected chi connectivity index (χ3v) is 3.83. The van der Waals surface area contributed by atoms with Gasteiger partial charge < -0.3 is 14.4 Å². The molecule has 1 fully saturated rings. The van der Waals surface area contributed by atoms with Crippen molar-refractivity contribution in [2.75, 3.05) is 18.5 Å². The maximum absolute atomic E-state index is 13.6. The summed E-state index contributed by atoms with van der Waals surface area (Å²) in [7, 11) is 0. The predicted molar refractivity (Wildman–Crippen MR) is 100 cm³/mol. The van der Waals surface area contributed by atoms with Crippen LogP contribution in [0.5, 0.6) is 5.75 Å². The fraction of sp³-hybridized carbons (Fsp3) is 0.474. The number of nitriles is 2. The number of rotatable bonds is 4. The van der Waals surface area contributed by atoms with Gasteiger partial charge in [0.05, 0.1) is 0 Å². The molecule has 1 amide bonds. The molecule has 0 saturated carbocycles. The van der Waals surface area contributed by atoms with Crippen LogP contribution in [0.3, 0.4) is 0 Å². The summed E-state index contributed by atoms with van der Waals surface area (Å²) in [4.78, 5) is 13.8. The van der Waals surface area contributed by atoms with Crippen molar-refractivity contribution in [2.45, 2.75) is 45.3 Å². The van der Waals surface area contributed by atoms with Crippen molar-refractivity contribution < 1.29 is 18.7 Å². The Kier molecular flexibility index (Phi) is 6.78. The number of nitrogens with zero attached hydrogens (tertiary/aromatic N) is 4. The average Bonchev–Trinajstić information content (AvgIpc) is 2.63. The quantitative estimate of drug-likeness (QED) is 0.626. The molecule has 1 aromatic rings. The van der Waals surface area contributed by atoms with E-state index in [1.165, 1.54) is 18.2 Å². The number of carbonyl (C=O) groups is 1. The molecule has 1 N–H and O–H groups in total. The third kappa shape index (κ3) is 6.13. The normalized spacial score (nSPS) is 14.4. The lowest BCUT2D eigenvalue weighted by atomic mass is 10.1. The first-order valence-electron chi connectivity index (χ1n) is 8.80. The van der Waals surface area contributed by atoms with Gasteiger partial charge in [0.15, 0.2) is 0 Å². The number of hydrazone groups is 1. The topological polar surface area (TPSA) is 111 Å². The molecule has 1 heterocycles. The zero-order chi connectivity index (χ0) is 20.7. The van der Waals surface area contributed by atoms with Crippen molar-refractivity contribution in [3.05, 3.63) is 24.0 Å². The van der Waals surface area contributed by atoms with Crippen LogP contribution >= 0.6 is 0 Å². The molecule has 0 bridgehead atoms. The van der Waals surface area contributed by atoms with E-state index in [1.807, 2.05) is 20.8 Å². The Morgan fingerprint density at radius 2 is 1.93 bits per heavy atom. The Morgan fingerprint density at radius 1 is 1.29 bits per heavy atom. The van der Waals surface area contributed by atoms with Crippen LogP contribution < -0.4 is 10.2 Å². The molecule has 0 aliphatic carbocycles. The highest BCUT2D eigenvalue weighted by Gasteiger charge is 2.28. The number of amides is 1. The molecule has 0 atom stereocenters. The third-order valence-electron chi connectivity index (χ3n) is 3.83. The lowest BCUT2D eigenvalue weighted by Gasteiger charge is -2.33. The lowest BCUT2D eigenvalue weighted by molar-refractivity contribution is 0.0127. The second kappa shape index (κ2) is 9.05. The maximum atomic E-state index is 13.6. The van der Waals surface area contributed by atoms with Crippen LogP contribution in [-0.4, -0.2) is 41.5 Å². The SMILES string of the molecule is CC(C)(C)OC(=O)N1CCC(Oc2ccc(F)cc2NN=C(C#N)C#N)CC1. The second-order valence-electron chi connectivity index (χ2n) is 7.22. The minimum atomic E-state index is -0.550. The van der Waals surface area contributed by atoms with Crippen molar-refractivity contribution in [1.82, 2.24) is 4.90 Å². The first kappa shape index (κ1) is 21.0. The van der Waals surface area contributed by atoms with E-state index in [4.69, 9.17) is 20.0 Å². The van der Waals surface area contributed by atoms with Gasteiger partial charge in [-0.05, 0) is 32.9 Å². The first-order chi connectivity index (χ1) is 13.2. The minimum absolute atomic E-state index is 0.180. The molecule has 1 aliphatic heterocycles. The van der Waals surface area contributed by atoms with Crippen molar-refractivity contribution >= 4 is 17.5 Å². The minimum Gasteiger partial charge on any atom is -0.488 e. The molecule has 0 radical (unpaired) electrons. The van der Waals surface area contributed by atoms with Crippen LogP contribution in [0.2, 0.25) is 0 Å². The predicted octanol–water partition coefficient (Wildman–Crippen LogP) is 3.42. The van der Waals surface area contributed by atoms with Gasteiger partial charge in [0.25, 0.3) is 0 Å². The molecule has 1 aromatic carbocycles. The Labute approximate surface area is 163 Å². The van der Waals surface area contributed by atoms with Gasteiger partial charge in [-0.1, -0.05) is 0 Å². The fourth-order valence-corrected chi connectivity index (χ4v) is 2.55. The summed E-state index contributed by atoms with van der Waals surface area (Å²) < 4.78 is 24.8. The zero-order valence-electron chi connectivity index (χ0n) is 16.0. The molecule has 8 nitrogen and oxygen atoms in total. The van der Waals surface area contributed by atoms with Crippen LogP contribution in [0.1, 0.15) is 33.6 Å². The van der Waals surface area contributed by atoms with E-state index in [0.717, 1.165) is 0 Å². The number of likely N-dealkylation sites (tertiary alicyclic amines) is 1. The number of carbonyl (C=O) groups excluding carboxylic acids is 1. The molecule has 28 heavy (non-hydrogen) atoms. The zero-order valence-corrected chi connectivity index (χ0v) is 16.0. The highest BCUT2D eigenvalue weighted by atomic mass is 19.1. The Hall–Kier alpha value is -3.33. The number of benzene rings is 1. The Morgan fingerprint density at radius 3 is 2.50 bits per heavy atom. The van der Waals surface area contributed by atoms with Crippen LogP contribution in [0.15, 0.2) is 23.3 Å². The number of hydrogen-bond acceptors (Lipinski definition) is 7. The standard InChI is InChI=1S/C19H22FN5O3/c1-19(2,3)28-18(26)25-8-6-15(7-9-25)27-17-5-4-13(20)10-16(17)24-23-14(11-21)12-22/h4-5,10,15,24H,6-9H2,1-3H3.